The highest BCUT2D eigenvalue weighted by Crippen LogP contribution is 2.40. The molecular weight excluding hydrogens is 426 g/mol. The van der Waals surface area contributed by atoms with Crippen molar-refractivity contribution >= 4 is 27.7 Å². The molecule has 1 aromatic heterocycles. The number of halogens is 1. The van der Waals surface area contributed by atoms with E-state index < -0.39 is 0 Å². The van der Waals surface area contributed by atoms with Crippen LogP contribution in [0.2, 0.25) is 0 Å². The smallest absolute Gasteiger partial charge is 0.253 e. The molecule has 0 radical (unpaired) electrons. The average Bonchev–Trinajstić information content (AvgIpc) is 3.01. The van der Waals surface area contributed by atoms with E-state index in [2.05, 4.69) is 38.1 Å². The lowest BCUT2D eigenvalue weighted by Gasteiger charge is -2.38. The van der Waals surface area contributed by atoms with Crippen molar-refractivity contribution in [3.05, 3.63) is 58.2 Å². The fourth-order valence-electron chi connectivity index (χ4n) is 4.61. The molecule has 0 aliphatic carbocycles. The van der Waals surface area contributed by atoms with Gasteiger partial charge in [0.1, 0.15) is 5.82 Å². The van der Waals surface area contributed by atoms with E-state index in [9.17, 15) is 4.79 Å². The number of nitrogens with zero attached hydrogens (tertiary/aromatic N) is 2. The van der Waals surface area contributed by atoms with Crippen LogP contribution in [0.1, 0.15) is 75.3 Å². The number of benzene rings is 1. The molecule has 1 aromatic carbocycles. The van der Waals surface area contributed by atoms with Crippen molar-refractivity contribution in [2.24, 2.45) is 5.92 Å². The topological polar surface area (TPSA) is 45.2 Å². The third kappa shape index (κ3) is 5.00. The number of rotatable bonds is 4. The van der Waals surface area contributed by atoms with E-state index in [1.807, 2.05) is 57.2 Å². The first-order valence-corrected chi connectivity index (χ1v) is 11.6. The summed E-state index contributed by atoms with van der Waals surface area (Å²) in [6, 6.07) is 13.1. The van der Waals surface area contributed by atoms with Crippen molar-refractivity contribution < 1.29 is 4.79 Å². The van der Waals surface area contributed by atoms with Crippen molar-refractivity contribution in [3.63, 3.8) is 0 Å². The highest BCUT2D eigenvalue weighted by molar-refractivity contribution is 9.10. The van der Waals surface area contributed by atoms with Crippen LogP contribution in [0.25, 0.3) is 0 Å². The Kier molecular flexibility index (Phi) is 7.33. The number of fused-ring (bicyclic) bond motifs is 2. The number of aromatic nitrogens is 1. The average molecular weight is 458 g/mol. The molecule has 2 bridgehead atoms. The molecule has 1 amide bonds. The summed E-state index contributed by atoms with van der Waals surface area (Å²) in [5.41, 5.74) is 1.69. The Labute approximate surface area is 183 Å². The van der Waals surface area contributed by atoms with Crippen molar-refractivity contribution in [2.45, 2.75) is 71.5 Å². The van der Waals surface area contributed by atoms with E-state index in [1.54, 1.807) is 6.20 Å². The molecule has 0 spiro atoms. The van der Waals surface area contributed by atoms with Gasteiger partial charge in [0.25, 0.3) is 5.91 Å². The first-order chi connectivity index (χ1) is 14.0. The fraction of sp³-hybridized carbons (Fsp3) is 0.500. The van der Waals surface area contributed by atoms with Gasteiger partial charge in [0, 0.05) is 22.8 Å². The maximum Gasteiger partial charge on any atom is 0.253 e. The number of piperidine rings is 1. The van der Waals surface area contributed by atoms with E-state index in [0.717, 1.165) is 21.8 Å². The fourth-order valence-corrected chi connectivity index (χ4v) is 4.88. The van der Waals surface area contributed by atoms with Gasteiger partial charge in [-0.1, -0.05) is 48.8 Å². The van der Waals surface area contributed by atoms with Crippen LogP contribution in [0, 0.1) is 5.92 Å². The first kappa shape index (κ1) is 21.8. The Morgan fingerprint density at radius 3 is 2.28 bits per heavy atom. The summed E-state index contributed by atoms with van der Waals surface area (Å²) >= 11 is 3.44. The zero-order valence-corrected chi connectivity index (χ0v) is 19.4. The molecule has 3 atom stereocenters. The van der Waals surface area contributed by atoms with E-state index in [-0.39, 0.29) is 11.9 Å². The van der Waals surface area contributed by atoms with Gasteiger partial charge in [-0.05, 0) is 68.4 Å². The van der Waals surface area contributed by atoms with Crippen LogP contribution in [-0.4, -0.2) is 23.0 Å². The van der Waals surface area contributed by atoms with Crippen LogP contribution in [0.3, 0.4) is 0 Å². The maximum absolute atomic E-state index is 12.6. The molecule has 4 nitrogen and oxygen atoms in total. The predicted molar refractivity (Wildman–Crippen MR) is 123 cm³/mol. The lowest BCUT2D eigenvalue weighted by atomic mass is 9.92. The molecule has 3 heterocycles. The third-order valence-corrected chi connectivity index (χ3v) is 6.49. The summed E-state index contributed by atoms with van der Waals surface area (Å²) in [5.74, 6) is 1.75. The van der Waals surface area contributed by atoms with Crippen LogP contribution in [-0.2, 0) is 0 Å². The number of hydrogen-bond donors (Lipinski definition) is 1. The monoisotopic (exact) mass is 457 g/mol. The molecule has 2 aromatic rings. The van der Waals surface area contributed by atoms with Gasteiger partial charge >= 0.3 is 0 Å². The van der Waals surface area contributed by atoms with Gasteiger partial charge in [0.2, 0.25) is 0 Å². The lowest BCUT2D eigenvalue weighted by molar-refractivity contribution is 0.0939. The molecule has 2 aliphatic heterocycles. The van der Waals surface area contributed by atoms with E-state index >= 15 is 0 Å². The zero-order valence-electron chi connectivity index (χ0n) is 17.9. The summed E-state index contributed by atoms with van der Waals surface area (Å²) in [7, 11) is 0. The van der Waals surface area contributed by atoms with Crippen LogP contribution in [0.15, 0.2) is 47.1 Å². The van der Waals surface area contributed by atoms with Crippen LogP contribution in [0.4, 0.5) is 5.82 Å². The number of carbonyl (C=O) groups excluding carboxylic acids is 1. The zero-order chi connectivity index (χ0) is 21.0. The van der Waals surface area contributed by atoms with Gasteiger partial charge in [-0.25, -0.2) is 4.98 Å². The molecule has 4 rings (SSSR count). The van der Waals surface area contributed by atoms with Crippen molar-refractivity contribution in [1.82, 2.24) is 10.3 Å². The molecule has 156 valence electrons. The predicted octanol–water partition coefficient (Wildman–Crippen LogP) is 6.13. The second-order valence-electron chi connectivity index (χ2n) is 8.02. The van der Waals surface area contributed by atoms with Gasteiger partial charge in [-0.2, -0.15) is 0 Å². The van der Waals surface area contributed by atoms with E-state index in [0.29, 0.717) is 17.6 Å². The molecule has 3 unspecified atom stereocenters. The van der Waals surface area contributed by atoms with Gasteiger partial charge in [0.15, 0.2) is 0 Å². The second-order valence-corrected chi connectivity index (χ2v) is 8.94. The molecule has 5 heteroatoms. The van der Waals surface area contributed by atoms with Crippen LogP contribution < -0.4 is 10.2 Å². The Hall–Kier alpha value is -1.88. The minimum atomic E-state index is -0.0836. The van der Waals surface area contributed by atoms with Gasteiger partial charge in [0.05, 0.1) is 11.6 Å². The summed E-state index contributed by atoms with van der Waals surface area (Å²) in [4.78, 5) is 19.7. The number of anilines is 1. The molecular formula is C24H32BrN3O. The van der Waals surface area contributed by atoms with Gasteiger partial charge in [-0.3, -0.25) is 4.79 Å². The highest BCUT2D eigenvalue weighted by Gasteiger charge is 2.39. The standard InChI is InChI=1S/C22H26BrN3O.C2H6/c1-14-11-19-8-9-20(12-14)26(19)21-10-5-17(13-24-21)22(27)25-15(2)16-3-6-18(23)7-4-16;1-2/h3-7,10,13-15,19-20H,8-9,11-12H2,1-2H3,(H,25,27);1-2H3. The molecule has 2 fully saturated rings. The van der Waals surface area contributed by atoms with Crippen LogP contribution >= 0.6 is 15.9 Å². The lowest BCUT2D eigenvalue weighted by Crippen LogP contribution is -2.42. The van der Waals surface area contributed by atoms with Crippen molar-refractivity contribution in [3.8, 4) is 0 Å². The largest absolute Gasteiger partial charge is 0.351 e. The van der Waals surface area contributed by atoms with Gasteiger partial charge < -0.3 is 10.2 Å². The molecule has 2 aliphatic rings. The molecule has 1 N–H and O–H groups in total. The maximum atomic E-state index is 12.6. The third-order valence-electron chi connectivity index (χ3n) is 5.96. The Balaban J connectivity index is 0.00000117. The molecule has 0 saturated carbocycles. The summed E-state index contributed by atoms with van der Waals surface area (Å²) < 4.78 is 1.03. The van der Waals surface area contributed by atoms with E-state index in [4.69, 9.17) is 0 Å². The number of pyridine rings is 1. The first-order valence-electron chi connectivity index (χ1n) is 10.8. The number of hydrogen-bond acceptors (Lipinski definition) is 3. The number of nitrogens with one attached hydrogen (secondary N) is 1. The van der Waals surface area contributed by atoms with Crippen molar-refractivity contribution in [1.29, 1.82) is 0 Å². The summed E-state index contributed by atoms with van der Waals surface area (Å²) in [6.07, 6.45) is 6.76. The second kappa shape index (κ2) is 9.75. The Morgan fingerprint density at radius 2 is 1.72 bits per heavy atom. The Bertz CT molecular complexity index is 792. The quantitative estimate of drug-likeness (QED) is 0.600. The molecule has 29 heavy (non-hydrogen) atoms. The van der Waals surface area contributed by atoms with Gasteiger partial charge in [-0.15, -0.1) is 0 Å². The normalized spacial score (nSPS) is 23.8. The Morgan fingerprint density at radius 1 is 1.10 bits per heavy atom. The highest BCUT2D eigenvalue weighted by atomic mass is 79.9. The van der Waals surface area contributed by atoms with E-state index in [1.165, 1.54) is 25.7 Å². The SMILES string of the molecule is CC.CC1CC2CCC(C1)N2c1ccc(C(=O)NC(C)c2ccc(Br)cc2)cn1. The number of amides is 1. The minimum absolute atomic E-state index is 0.0512. The molecule has 2 saturated heterocycles. The summed E-state index contributed by atoms with van der Waals surface area (Å²) in [6.45, 7) is 8.35. The minimum Gasteiger partial charge on any atom is -0.351 e. The van der Waals surface area contributed by atoms with Crippen molar-refractivity contribution in [2.75, 3.05) is 4.90 Å². The van der Waals surface area contributed by atoms with Crippen LogP contribution in [0.5, 0.6) is 0 Å². The number of carbonyl (C=O) groups is 1. The summed E-state index contributed by atoms with van der Waals surface area (Å²) in [5, 5.41) is 3.06.